The molecule has 10 rings (SSSR count). The first kappa shape index (κ1) is 79.3. The van der Waals surface area contributed by atoms with Gasteiger partial charge in [0, 0.05) is 118 Å². The van der Waals surface area contributed by atoms with Crippen LogP contribution in [-0.2, 0) is 67.7 Å². The lowest BCUT2D eigenvalue weighted by molar-refractivity contribution is -0.0413. The Morgan fingerprint density at radius 1 is 0.457 bits per heavy atom. The summed E-state index contributed by atoms with van der Waals surface area (Å²) in [6.45, 7) is 18.0. The summed E-state index contributed by atoms with van der Waals surface area (Å²) in [5.74, 6) is 2.25. The van der Waals surface area contributed by atoms with E-state index in [0.29, 0.717) is 51.5 Å². The maximum absolute atomic E-state index is 12.2. The lowest BCUT2D eigenvalue weighted by atomic mass is 9.98. The fraction of sp³-hybridized carbons (Fsp3) is 0.455. The Balaban J connectivity index is 0.000000265. The van der Waals surface area contributed by atoms with Gasteiger partial charge in [0.15, 0.2) is 0 Å². The van der Waals surface area contributed by atoms with E-state index in [2.05, 4.69) is 220 Å². The molecular weight excluding hydrogens is 1200 g/mol. The minimum atomic E-state index is -0.276. The molecule has 510 valence electrons. The molecule has 0 saturated carbocycles. The van der Waals surface area contributed by atoms with E-state index in [9.17, 15) is 9.59 Å². The number of nitrogens with zero attached hydrogens (tertiary/aromatic N) is 5. The van der Waals surface area contributed by atoms with Crippen LogP contribution in [0.4, 0.5) is 9.59 Å². The molecular formula is C77H107ClN8O8. The van der Waals surface area contributed by atoms with Crippen molar-refractivity contribution in [2.75, 3.05) is 94.0 Å². The summed E-state index contributed by atoms with van der Waals surface area (Å²) in [6, 6.07) is 65.1. The van der Waals surface area contributed by atoms with Crippen molar-refractivity contribution >= 4 is 24.6 Å². The van der Waals surface area contributed by atoms with Crippen molar-refractivity contribution in [1.82, 2.24) is 35.1 Å². The number of rotatable bonds is 21. The van der Waals surface area contributed by atoms with Crippen molar-refractivity contribution in [1.29, 1.82) is 0 Å². The second-order valence-electron chi connectivity index (χ2n) is 23.2. The van der Waals surface area contributed by atoms with Crippen molar-refractivity contribution in [2.45, 2.75) is 134 Å². The van der Waals surface area contributed by atoms with E-state index in [1.807, 2.05) is 33.3 Å². The maximum atomic E-state index is 12.2. The number of nitrogens with one attached hydrogen (secondary N) is 2. The largest absolute Gasteiger partial charge is 0.450 e. The van der Waals surface area contributed by atoms with E-state index in [1.165, 1.54) is 33.4 Å². The van der Waals surface area contributed by atoms with Crippen molar-refractivity contribution in [3.8, 4) is 25.2 Å². The number of hydrogen-bond acceptors (Lipinski definition) is 14. The number of carbonyl (C=O) groups excluding carboxylic acids is 2. The third-order valence-electron chi connectivity index (χ3n) is 17.0. The monoisotopic (exact) mass is 1310 g/mol. The standard InChI is InChI=1S/C23H30N2O3.2C20H26N2O.C9H18N2O3.C3H4.C2H2.ClH/c1-3-28-23(26)24-15-14-21(22(18-24)27-2)25(16-19-10-6-4-7-11-19)17-20-12-8-5-9-13-20;2*1-23-20-14-21-13-12-19(20)22(15-17-8-4-2-5-9-17)16-18-10-6-3-7-11-18;1-3-14-9(12)11-5-4-7(10)8(6-11)13-2;1-3-2;1-2;/h4-13,21-22H,3,14-18H2,1-2H3;2*2-11,19-21H,12-16H2,1H3;7-8H,3-6,10H2,1-2H3;1H,2H3;1-2H;1H/t;19-,20+;;;;;/m.1...../s1. The smallest absolute Gasteiger partial charge is 0.409 e. The Hall–Kier alpha value is -7.13. The zero-order chi connectivity index (χ0) is 66.8. The Morgan fingerprint density at radius 2 is 0.713 bits per heavy atom. The molecule has 0 bridgehead atoms. The van der Waals surface area contributed by atoms with Crippen LogP contribution in [0.15, 0.2) is 182 Å². The van der Waals surface area contributed by atoms with Crippen LogP contribution in [0, 0.1) is 25.2 Å². The van der Waals surface area contributed by atoms with E-state index in [4.69, 9.17) is 34.2 Å². The van der Waals surface area contributed by atoms with E-state index in [1.54, 1.807) is 37.9 Å². The minimum Gasteiger partial charge on any atom is -0.450 e. The van der Waals surface area contributed by atoms with Gasteiger partial charge in [-0.2, -0.15) is 0 Å². The summed E-state index contributed by atoms with van der Waals surface area (Å²) in [5.41, 5.74) is 13.8. The lowest BCUT2D eigenvalue weighted by Crippen LogP contribution is -2.55. The number of carbonyl (C=O) groups is 2. The van der Waals surface area contributed by atoms with Crippen LogP contribution in [0.3, 0.4) is 0 Å². The molecule has 17 heteroatoms. The molecule has 4 N–H and O–H groups in total. The van der Waals surface area contributed by atoms with Gasteiger partial charge in [-0.1, -0.05) is 182 Å². The number of terminal acetylenes is 2. The van der Waals surface area contributed by atoms with Gasteiger partial charge in [-0.3, -0.25) is 14.7 Å². The van der Waals surface area contributed by atoms with Gasteiger partial charge in [-0.05, 0) is 92.9 Å². The maximum Gasteiger partial charge on any atom is 0.409 e. The van der Waals surface area contributed by atoms with Gasteiger partial charge < -0.3 is 54.6 Å². The van der Waals surface area contributed by atoms with Gasteiger partial charge in [-0.15, -0.1) is 37.6 Å². The van der Waals surface area contributed by atoms with Crippen LogP contribution >= 0.6 is 12.4 Å². The first-order chi connectivity index (χ1) is 45.5. The minimum absolute atomic E-state index is 0. The SMILES string of the molecule is C#C.C#CC.CCOC(=O)N1CCC(N(Cc2ccccc2)Cc2ccccc2)C(OC)C1.CCOC(=O)N1CCC(N)C(OC)C1.COC1CNCCC1N(Cc1ccccc1)Cc1ccccc1.CO[C@H]1CNCC[C@H]1N(Cc1ccccc1)Cc1ccccc1.Cl. The van der Waals surface area contributed by atoms with Gasteiger partial charge in [0.2, 0.25) is 0 Å². The average Bonchev–Trinajstić information content (AvgIpc) is 0.861. The topological polar surface area (TPSA) is 156 Å². The molecule has 6 unspecified atom stereocenters. The van der Waals surface area contributed by atoms with Gasteiger partial charge >= 0.3 is 12.2 Å². The van der Waals surface area contributed by atoms with Crippen LogP contribution in [0.25, 0.3) is 0 Å². The molecule has 16 nitrogen and oxygen atoms in total. The summed E-state index contributed by atoms with van der Waals surface area (Å²) in [7, 11) is 7.00. The van der Waals surface area contributed by atoms with E-state index >= 15 is 0 Å². The predicted octanol–water partition coefficient (Wildman–Crippen LogP) is 11.6. The van der Waals surface area contributed by atoms with Crippen LogP contribution in [-0.4, -0.2) is 179 Å². The highest BCUT2D eigenvalue weighted by Gasteiger charge is 2.37. The van der Waals surface area contributed by atoms with Crippen LogP contribution in [0.1, 0.15) is 79.8 Å². The highest BCUT2D eigenvalue weighted by Crippen LogP contribution is 2.26. The molecule has 4 saturated heterocycles. The molecule has 0 radical (unpaired) electrons. The predicted molar refractivity (Wildman–Crippen MR) is 382 cm³/mol. The third kappa shape index (κ3) is 27.7. The second-order valence-corrected chi connectivity index (χ2v) is 23.2. The summed E-state index contributed by atoms with van der Waals surface area (Å²) in [6.07, 6.45) is 16.3. The summed E-state index contributed by atoms with van der Waals surface area (Å²) >= 11 is 0. The van der Waals surface area contributed by atoms with E-state index in [0.717, 1.165) is 91.1 Å². The van der Waals surface area contributed by atoms with Gasteiger partial charge in [0.1, 0.15) is 0 Å². The molecule has 0 spiro atoms. The molecule has 94 heavy (non-hydrogen) atoms. The average molecular weight is 1310 g/mol. The summed E-state index contributed by atoms with van der Waals surface area (Å²) in [4.78, 5) is 34.5. The first-order valence-electron chi connectivity index (χ1n) is 32.8. The van der Waals surface area contributed by atoms with Gasteiger partial charge in [-0.25, -0.2) is 9.59 Å². The number of amides is 2. The molecule has 4 heterocycles. The van der Waals surface area contributed by atoms with Crippen molar-refractivity contribution in [2.24, 2.45) is 5.73 Å². The molecule has 2 amide bonds. The number of piperidine rings is 4. The highest BCUT2D eigenvalue weighted by atomic mass is 35.5. The zero-order valence-electron chi connectivity index (χ0n) is 56.8. The van der Waals surface area contributed by atoms with Crippen molar-refractivity contribution in [3.63, 3.8) is 0 Å². The number of hydrogen-bond donors (Lipinski definition) is 3. The van der Waals surface area contributed by atoms with Gasteiger partial charge in [0.05, 0.1) is 50.7 Å². The van der Waals surface area contributed by atoms with Crippen LogP contribution in [0.2, 0.25) is 0 Å². The number of ether oxygens (including phenoxy) is 6. The molecule has 4 aliphatic heterocycles. The fourth-order valence-electron chi connectivity index (χ4n) is 12.2. The lowest BCUT2D eigenvalue weighted by Gasteiger charge is -2.43. The second kappa shape index (κ2) is 46.9. The van der Waals surface area contributed by atoms with Gasteiger partial charge in [0.25, 0.3) is 0 Å². The molecule has 6 aromatic rings. The molecule has 0 aliphatic carbocycles. The first-order valence-corrected chi connectivity index (χ1v) is 32.8. The molecule has 4 aliphatic rings. The van der Waals surface area contributed by atoms with Crippen LogP contribution in [0.5, 0.6) is 0 Å². The van der Waals surface area contributed by atoms with Crippen molar-refractivity contribution in [3.05, 3.63) is 215 Å². The molecule has 0 aromatic heterocycles. The molecule has 6 aromatic carbocycles. The third-order valence-corrected chi connectivity index (χ3v) is 17.0. The number of nitrogens with two attached hydrogens (primary N) is 1. The van der Waals surface area contributed by atoms with Crippen molar-refractivity contribution < 1.29 is 38.0 Å². The highest BCUT2D eigenvalue weighted by molar-refractivity contribution is 5.85. The Labute approximate surface area is 569 Å². The number of benzene rings is 6. The zero-order valence-corrected chi connectivity index (χ0v) is 57.6. The Bertz CT molecular complexity index is 2730. The van der Waals surface area contributed by atoms with Crippen LogP contribution < -0.4 is 16.4 Å². The van der Waals surface area contributed by atoms with E-state index in [-0.39, 0.29) is 61.1 Å². The number of halogens is 1. The van der Waals surface area contributed by atoms with E-state index < -0.39 is 0 Å². The molecule has 4 fully saturated rings. The Morgan fingerprint density at radius 3 is 0.979 bits per heavy atom. The summed E-state index contributed by atoms with van der Waals surface area (Å²) in [5, 5.41) is 6.89. The quantitative estimate of drug-likeness (QED) is 0.0585. The fourth-order valence-corrected chi connectivity index (χ4v) is 12.2. The number of likely N-dealkylation sites (tertiary alicyclic amines) is 2. The molecule has 8 atom stereocenters. The summed E-state index contributed by atoms with van der Waals surface area (Å²) < 4.78 is 32.6. The number of methoxy groups -OCH3 is 4. The Kier molecular flexibility index (Phi) is 39.5. The normalized spacial score (nSPS) is 20.6.